The highest BCUT2D eigenvalue weighted by atomic mass is 16.5. The Morgan fingerprint density at radius 1 is 1.31 bits per heavy atom. The summed E-state index contributed by atoms with van der Waals surface area (Å²) in [6.07, 6.45) is 2.14. The summed E-state index contributed by atoms with van der Waals surface area (Å²) >= 11 is 0. The van der Waals surface area contributed by atoms with E-state index in [1.165, 1.54) is 19.1 Å². The van der Waals surface area contributed by atoms with Gasteiger partial charge in [0.1, 0.15) is 17.8 Å². The highest BCUT2D eigenvalue weighted by Crippen LogP contribution is 2.27. The topological polar surface area (TPSA) is 108 Å². The zero-order valence-electron chi connectivity index (χ0n) is 16.9. The molecule has 0 unspecified atom stereocenters. The van der Waals surface area contributed by atoms with E-state index in [4.69, 9.17) is 4.74 Å². The van der Waals surface area contributed by atoms with Crippen LogP contribution in [0.15, 0.2) is 24.3 Å². The molecule has 0 radical (unpaired) electrons. The van der Waals surface area contributed by atoms with Crippen molar-refractivity contribution in [3.05, 3.63) is 29.8 Å². The number of nitrogens with one attached hydrogen (secondary N) is 2. The van der Waals surface area contributed by atoms with Crippen LogP contribution in [-0.4, -0.2) is 72.4 Å². The fraction of sp³-hybridized carbons (Fsp3) is 0.500. The minimum absolute atomic E-state index is 0.114. The third kappa shape index (κ3) is 4.67. The van der Waals surface area contributed by atoms with Crippen LogP contribution in [0.3, 0.4) is 0 Å². The number of benzene rings is 1. The van der Waals surface area contributed by atoms with E-state index in [-0.39, 0.29) is 24.9 Å². The van der Waals surface area contributed by atoms with Crippen LogP contribution in [0.4, 0.5) is 4.79 Å². The van der Waals surface area contributed by atoms with Crippen molar-refractivity contribution < 1.29 is 23.9 Å². The third-order valence-corrected chi connectivity index (χ3v) is 5.12. The SMILES string of the molecule is COc1ccccc1C[C@]1(C)NC(=O)N(CC(=O)N(C)CC(=O)NC2CC2)C1=O. The van der Waals surface area contributed by atoms with Crippen molar-refractivity contribution in [1.29, 1.82) is 0 Å². The number of hydrogen-bond acceptors (Lipinski definition) is 5. The second kappa shape index (κ2) is 8.10. The van der Waals surface area contributed by atoms with Crippen molar-refractivity contribution >= 4 is 23.8 Å². The first-order valence-corrected chi connectivity index (χ1v) is 9.53. The number of urea groups is 1. The summed E-state index contributed by atoms with van der Waals surface area (Å²) in [5.74, 6) is -0.605. The number of hydrogen-bond donors (Lipinski definition) is 2. The number of imide groups is 1. The molecular weight excluding hydrogens is 376 g/mol. The number of methoxy groups -OCH3 is 1. The van der Waals surface area contributed by atoms with E-state index in [2.05, 4.69) is 10.6 Å². The van der Waals surface area contributed by atoms with Crippen molar-refractivity contribution in [2.24, 2.45) is 0 Å². The standard InChI is InChI=1S/C20H26N4O5/c1-20(10-13-6-4-5-7-15(13)29-3)18(27)24(19(28)22-20)12-17(26)23(2)11-16(25)21-14-8-9-14/h4-7,14H,8-12H2,1-3H3,(H,21,25)(H,22,28)/t20-/m0/s1. The molecule has 1 atom stereocenters. The molecule has 2 N–H and O–H groups in total. The lowest BCUT2D eigenvalue weighted by atomic mass is 9.92. The number of carbonyl (C=O) groups excluding carboxylic acids is 4. The van der Waals surface area contributed by atoms with Crippen molar-refractivity contribution in [3.63, 3.8) is 0 Å². The summed E-state index contributed by atoms with van der Waals surface area (Å²) in [6.45, 7) is 1.09. The van der Waals surface area contributed by atoms with Gasteiger partial charge in [-0.2, -0.15) is 0 Å². The number of ether oxygens (including phenoxy) is 1. The zero-order valence-corrected chi connectivity index (χ0v) is 16.9. The molecule has 2 aliphatic rings. The lowest BCUT2D eigenvalue weighted by Crippen LogP contribution is -2.47. The Kier molecular flexibility index (Phi) is 5.76. The Balaban J connectivity index is 1.63. The molecule has 0 aromatic heterocycles. The van der Waals surface area contributed by atoms with Crippen LogP contribution in [0.1, 0.15) is 25.3 Å². The molecule has 2 fully saturated rings. The molecule has 1 saturated heterocycles. The minimum Gasteiger partial charge on any atom is -0.496 e. The molecule has 1 aliphatic carbocycles. The molecule has 1 heterocycles. The van der Waals surface area contributed by atoms with Gasteiger partial charge >= 0.3 is 6.03 Å². The van der Waals surface area contributed by atoms with Crippen molar-refractivity contribution in [2.45, 2.75) is 37.8 Å². The largest absolute Gasteiger partial charge is 0.496 e. The molecule has 9 nitrogen and oxygen atoms in total. The smallest absolute Gasteiger partial charge is 0.325 e. The molecule has 0 spiro atoms. The molecule has 1 saturated carbocycles. The van der Waals surface area contributed by atoms with Gasteiger partial charge in [-0.15, -0.1) is 0 Å². The summed E-state index contributed by atoms with van der Waals surface area (Å²) < 4.78 is 5.32. The summed E-state index contributed by atoms with van der Waals surface area (Å²) in [6, 6.07) is 6.82. The normalized spacial score (nSPS) is 21.0. The van der Waals surface area contributed by atoms with Gasteiger partial charge in [0.15, 0.2) is 0 Å². The van der Waals surface area contributed by atoms with Crippen molar-refractivity contribution in [2.75, 3.05) is 27.2 Å². The number of nitrogens with zero attached hydrogens (tertiary/aromatic N) is 2. The maximum Gasteiger partial charge on any atom is 0.325 e. The fourth-order valence-corrected chi connectivity index (χ4v) is 3.30. The van der Waals surface area contributed by atoms with E-state index in [1.807, 2.05) is 18.2 Å². The van der Waals surface area contributed by atoms with E-state index in [1.54, 1.807) is 13.0 Å². The van der Waals surface area contributed by atoms with Gasteiger partial charge in [-0.25, -0.2) is 4.79 Å². The first kappa shape index (κ1) is 20.6. The Labute approximate surface area is 169 Å². The lowest BCUT2D eigenvalue weighted by Gasteiger charge is -2.23. The van der Waals surface area contributed by atoms with Crippen LogP contribution >= 0.6 is 0 Å². The number of rotatable bonds is 8. The van der Waals surface area contributed by atoms with Gasteiger partial charge in [-0.05, 0) is 31.4 Å². The third-order valence-electron chi connectivity index (χ3n) is 5.12. The average Bonchev–Trinajstić information content (AvgIpc) is 3.45. The monoisotopic (exact) mass is 402 g/mol. The molecule has 156 valence electrons. The Morgan fingerprint density at radius 3 is 2.66 bits per heavy atom. The minimum atomic E-state index is -1.19. The van der Waals surface area contributed by atoms with E-state index in [0.29, 0.717) is 5.75 Å². The van der Waals surface area contributed by atoms with Crippen LogP contribution in [0.25, 0.3) is 0 Å². The Morgan fingerprint density at radius 2 is 2.00 bits per heavy atom. The van der Waals surface area contributed by atoms with Gasteiger partial charge in [-0.3, -0.25) is 19.3 Å². The van der Waals surface area contributed by atoms with Gasteiger partial charge in [0.05, 0.1) is 13.7 Å². The number of carbonyl (C=O) groups is 4. The van der Waals surface area contributed by atoms with E-state index >= 15 is 0 Å². The molecule has 3 rings (SSSR count). The average molecular weight is 402 g/mol. The van der Waals surface area contributed by atoms with E-state index in [0.717, 1.165) is 23.3 Å². The molecule has 9 heteroatoms. The van der Waals surface area contributed by atoms with Crippen molar-refractivity contribution in [1.82, 2.24) is 20.4 Å². The van der Waals surface area contributed by atoms with Gasteiger partial charge in [-0.1, -0.05) is 18.2 Å². The molecule has 1 aliphatic heterocycles. The van der Waals surface area contributed by atoms with Crippen molar-refractivity contribution in [3.8, 4) is 5.75 Å². The number of para-hydroxylation sites is 1. The second-order valence-corrected chi connectivity index (χ2v) is 7.73. The molecular formula is C20H26N4O5. The molecule has 29 heavy (non-hydrogen) atoms. The second-order valence-electron chi connectivity index (χ2n) is 7.73. The fourth-order valence-electron chi connectivity index (χ4n) is 3.30. The Bertz CT molecular complexity index is 838. The summed E-state index contributed by atoms with van der Waals surface area (Å²) in [4.78, 5) is 51.7. The van der Waals surface area contributed by atoms with Gasteiger partial charge in [0, 0.05) is 19.5 Å². The lowest BCUT2D eigenvalue weighted by molar-refractivity contribution is -0.139. The van der Waals surface area contributed by atoms with Crippen LogP contribution in [0.5, 0.6) is 5.75 Å². The maximum atomic E-state index is 12.9. The van der Waals surface area contributed by atoms with Crippen LogP contribution in [-0.2, 0) is 20.8 Å². The van der Waals surface area contributed by atoms with Crippen LogP contribution in [0.2, 0.25) is 0 Å². The van der Waals surface area contributed by atoms with E-state index in [9.17, 15) is 19.2 Å². The van der Waals surface area contributed by atoms with E-state index < -0.39 is 29.9 Å². The maximum absolute atomic E-state index is 12.9. The first-order chi connectivity index (χ1) is 13.7. The molecule has 1 aromatic carbocycles. The number of amides is 5. The highest BCUT2D eigenvalue weighted by molar-refractivity contribution is 6.09. The predicted octanol–water partition coefficient (Wildman–Crippen LogP) is 0.285. The quantitative estimate of drug-likeness (QED) is 0.608. The van der Waals surface area contributed by atoms with Gasteiger partial charge in [0.2, 0.25) is 11.8 Å². The molecule has 0 bridgehead atoms. The zero-order chi connectivity index (χ0) is 21.2. The highest BCUT2D eigenvalue weighted by Gasteiger charge is 2.48. The number of likely N-dealkylation sites (N-methyl/N-ethyl adjacent to an activating group) is 1. The summed E-state index contributed by atoms with van der Waals surface area (Å²) in [7, 11) is 3.01. The molecule has 1 aromatic rings. The summed E-state index contributed by atoms with van der Waals surface area (Å²) in [5.41, 5.74) is -0.415. The van der Waals surface area contributed by atoms with Crippen LogP contribution < -0.4 is 15.4 Å². The van der Waals surface area contributed by atoms with Gasteiger partial charge in [0.25, 0.3) is 5.91 Å². The van der Waals surface area contributed by atoms with Crippen LogP contribution in [0, 0.1) is 0 Å². The van der Waals surface area contributed by atoms with Gasteiger partial charge < -0.3 is 20.3 Å². The predicted molar refractivity (Wildman–Crippen MR) is 104 cm³/mol. The Hall–Kier alpha value is -3.10. The summed E-state index contributed by atoms with van der Waals surface area (Å²) in [5, 5.41) is 5.48. The molecule has 5 amide bonds. The first-order valence-electron chi connectivity index (χ1n) is 9.53.